The van der Waals surface area contributed by atoms with Crippen molar-refractivity contribution in [1.29, 1.82) is 5.26 Å². The van der Waals surface area contributed by atoms with Crippen molar-refractivity contribution in [3.8, 4) is 23.3 Å². The van der Waals surface area contributed by atoms with Crippen LogP contribution in [0.1, 0.15) is 5.56 Å². The van der Waals surface area contributed by atoms with Crippen LogP contribution in [0.15, 0.2) is 54.6 Å². The van der Waals surface area contributed by atoms with Crippen LogP contribution in [-0.4, -0.2) is 7.11 Å². The summed E-state index contributed by atoms with van der Waals surface area (Å²) in [4.78, 5) is 0. The van der Waals surface area contributed by atoms with E-state index in [2.05, 4.69) is 6.07 Å². The molecule has 3 nitrogen and oxygen atoms in total. The van der Waals surface area contributed by atoms with E-state index < -0.39 is 0 Å². The number of hydrogen-bond acceptors (Lipinski definition) is 3. The van der Waals surface area contributed by atoms with Gasteiger partial charge in [-0.25, -0.2) is 0 Å². The Balaban J connectivity index is 2.12. The van der Waals surface area contributed by atoms with Gasteiger partial charge in [0.25, 0.3) is 0 Å². The lowest BCUT2D eigenvalue weighted by Gasteiger charge is -2.12. The van der Waals surface area contributed by atoms with Crippen molar-refractivity contribution < 1.29 is 9.47 Å². The quantitative estimate of drug-likeness (QED) is 0.670. The van der Waals surface area contributed by atoms with E-state index in [0.29, 0.717) is 27.8 Å². The third-order valence-electron chi connectivity index (χ3n) is 3.30. The van der Waals surface area contributed by atoms with Crippen molar-refractivity contribution in [1.82, 2.24) is 0 Å². The van der Waals surface area contributed by atoms with Crippen LogP contribution in [0.3, 0.4) is 0 Å². The Labute approximate surface area is 133 Å². The monoisotopic (exact) mass is 309 g/mol. The molecule has 22 heavy (non-hydrogen) atoms. The normalized spacial score (nSPS) is 10.2. The molecule has 0 amide bonds. The summed E-state index contributed by atoms with van der Waals surface area (Å²) >= 11 is 6.17. The van der Waals surface area contributed by atoms with Gasteiger partial charge in [0.1, 0.15) is 5.75 Å². The summed E-state index contributed by atoms with van der Waals surface area (Å²) in [5.74, 6) is 1.87. The number of nitrogens with zero attached hydrogens (tertiary/aromatic N) is 1. The van der Waals surface area contributed by atoms with Crippen LogP contribution >= 0.6 is 11.6 Å². The minimum absolute atomic E-state index is 0.549. The number of benzene rings is 3. The lowest BCUT2D eigenvalue weighted by Crippen LogP contribution is -1.91. The SMILES string of the molecule is COc1ccccc1Oc1cc(Cl)cc2cc(C#N)ccc12. The highest BCUT2D eigenvalue weighted by molar-refractivity contribution is 6.31. The molecule has 108 valence electrons. The second-order valence-electron chi connectivity index (χ2n) is 4.70. The fraction of sp³-hybridized carbons (Fsp3) is 0.0556. The Morgan fingerprint density at radius 2 is 1.73 bits per heavy atom. The molecule has 3 aromatic rings. The zero-order valence-corrected chi connectivity index (χ0v) is 12.6. The van der Waals surface area contributed by atoms with E-state index >= 15 is 0 Å². The summed E-state index contributed by atoms with van der Waals surface area (Å²) in [7, 11) is 1.59. The van der Waals surface area contributed by atoms with Gasteiger partial charge >= 0.3 is 0 Å². The topological polar surface area (TPSA) is 42.2 Å². The molecule has 0 saturated heterocycles. The second kappa shape index (κ2) is 5.97. The van der Waals surface area contributed by atoms with Crippen LogP contribution in [0, 0.1) is 11.3 Å². The standard InChI is InChI=1S/C18H12ClNO2/c1-21-16-4-2-3-5-17(16)22-18-10-14(19)9-13-8-12(11-20)6-7-15(13)18/h2-10H,1H3. The third kappa shape index (κ3) is 2.69. The fourth-order valence-electron chi connectivity index (χ4n) is 2.28. The maximum absolute atomic E-state index is 9.01. The Kier molecular flexibility index (Phi) is 3.86. The van der Waals surface area contributed by atoms with E-state index in [-0.39, 0.29) is 0 Å². The molecule has 3 aromatic carbocycles. The van der Waals surface area contributed by atoms with Crippen molar-refractivity contribution in [2.24, 2.45) is 0 Å². The molecule has 4 heteroatoms. The first-order valence-corrected chi connectivity index (χ1v) is 7.03. The Morgan fingerprint density at radius 3 is 2.45 bits per heavy atom. The number of rotatable bonds is 3. The average molecular weight is 310 g/mol. The smallest absolute Gasteiger partial charge is 0.169 e. The number of ether oxygens (including phenoxy) is 2. The van der Waals surface area contributed by atoms with Crippen molar-refractivity contribution in [2.75, 3.05) is 7.11 Å². The zero-order valence-electron chi connectivity index (χ0n) is 11.8. The van der Waals surface area contributed by atoms with Crippen molar-refractivity contribution >= 4 is 22.4 Å². The van der Waals surface area contributed by atoms with Gasteiger partial charge in [-0.3, -0.25) is 0 Å². The molecule has 0 aliphatic rings. The van der Waals surface area contributed by atoms with E-state index in [4.69, 9.17) is 26.3 Å². The van der Waals surface area contributed by atoms with E-state index in [1.165, 1.54) is 0 Å². The maximum atomic E-state index is 9.01. The van der Waals surface area contributed by atoms with Crippen LogP contribution < -0.4 is 9.47 Å². The third-order valence-corrected chi connectivity index (χ3v) is 3.52. The first-order chi connectivity index (χ1) is 10.7. The number of fused-ring (bicyclic) bond motifs is 1. The van der Waals surface area contributed by atoms with Crippen LogP contribution in [0.4, 0.5) is 0 Å². The first-order valence-electron chi connectivity index (χ1n) is 6.65. The molecule has 0 aromatic heterocycles. The van der Waals surface area contributed by atoms with Gasteiger partial charge in [-0.2, -0.15) is 5.26 Å². The van der Waals surface area contributed by atoms with Gasteiger partial charge in [0, 0.05) is 16.5 Å². The zero-order chi connectivity index (χ0) is 15.5. The molecule has 0 atom stereocenters. The van der Waals surface area contributed by atoms with E-state index in [0.717, 1.165) is 10.8 Å². The Bertz CT molecular complexity index is 884. The minimum atomic E-state index is 0.549. The van der Waals surface area contributed by atoms with Gasteiger partial charge in [0.05, 0.1) is 18.7 Å². The van der Waals surface area contributed by atoms with Gasteiger partial charge in [0.2, 0.25) is 0 Å². The molecule has 3 rings (SSSR count). The summed E-state index contributed by atoms with van der Waals surface area (Å²) in [6.07, 6.45) is 0. The molecule has 0 spiro atoms. The molecule has 0 radical (unpaired) electrons. The molecule has 0 N–H and O–H groups in total. The molecule has 0 bridgehead atoms. The number of para-hydroxylation sites is 2. The Hall–Kier alpha value is -2.70. The maximum Gasteiger partial charge on any atom is 0.169 e. The largest absolute Gasteiger partial charge is 0.493 e. The van der Waals surface area contributed by atoms with Gasteiger partial charge in [-0.15, -0.1) is 0 Å². The molecule has 0 heterocycles. The fourth-order valence-corrected chi connectivity index (χ4v) is 2.49. The van der Waals surface area contributed by atoms with Gasteiger partial charge in [-0.05, 0) is 41.8 Å². The number of nitriles is 1. The van der Waals surface area contributed by atoms with Crippen LogP contribution in [0.25, 0.3) is 10.8 Å². The minimum Gasteiger partial charge on any atom is -0.493 e. The molecular weight excluding hydrogens is 298 g/mol. The van der Waals surface area contributed by atoms with Crippen molar-refractivity contribution in [2.45, 2.75) is 0 Å². The van der Waals surface area contributed by atoms with Crippen LogP contribution in [0.2, 0.25) is 5.02 Å². The summed E-state index contributed by atoms with van der Waals surface area (Å²) < 4.78 is 11.3. The summed E-state index contributed by atoms with van der Waals surface area (Å²) in [6.45, 7) is 0. The van der Waals surface area contributed by atoms with Crippen molar-refractivity contribution in [3.05, 3.63) is 65.2 Å². The highest BCUT2D eigenvalue weighted by atomic mass is 35.5. The average Bonchev–Trinajstić information content (AvgIpc) is 2.54. The molecule has 0 aliphatic heterocycles. The van der Waals surface area contributed by atoms with E-state index in [9.17, 15) is 0 Å². The second-order valence-corrected chi connectivity index (χ2v) is 5.14. The molecule has 0 saturated carbocycles. The van der Waals surface area contributed by atoms with E-state index in [1.807, 2.05) is 36.4 Å². The Morgan fingerprint density at radius 1 is 0.955 bits per heavy atom. The summed E-state index contributed by atoms with van der Waals surface area (Å²) in [6, 6.07) is 18.5. The first kappa shape index (κ1) is 14.2. The van der Waals surface area contributed by atoms with Crippen LogP contribution in [-0.2, 0) is 0 Å². The van der Waals surface area contributed by atoms with Gasteiger partial charge < -0.3 is 9.47 Å². The highest BCUT2D eigenvalue weighted by Gasteiger charge is 2.09. The predicted octanol–water partition coefficient (Wildman–Crippen LogP) is 5.17. The predicted molar refractivity (Wildman–Crippen MR) is 86.7 cm³/mol. The molecule has 0 unspecified atom stereocenters. The molecular formula is C18H12ClNO2. The molecule has 0 fully saturated rings. The van der Waals surface area contributed by atoms with Crippen molar-refractivity contribution in [3.63, 3.8) is 0 Å². The molecule has 0 aliphatic carbocycles. The lowest BCUT2D eigenvalue weighted by molar-refractivity contribution is 0.380. The number of halogens is 1. The van der Waals surface area contributed by atoms with E-state index in [1.54, 1.807) is 25.3 Å². The summed E-state index contributed by atoms with van der Waals surface area (Å²) in [5.41, 5.74) is 0.581. The lowest BCUT2D eigenvalue weighted by atomic mass is 10.1. The van der Waals surface area contributed by atoms with Gasteiger partial charge in [-0.1, -0.05) is 23.7 Å². The van der Waals surface area contributed by atoms with Crippen LogP contribution in [0.5, 0.6) is 17.2 Å². The number of methoxy groups -OCH3 is 1. The van der Waals surface area contributed by atoms with Gasteiger partial charge in [0.15, 0.2) is 11.5 Å². The summed E-state index contributed by atoms with van der Waals surface area (Å²) in [5, 5.41) is 11.3. The number of hydrogen-bond donors (Lipinski definition) is 0. The highest BCUT2D eigenvalue weighted by Crippen LogP contribution is 2.37.